The first-order valence-electron chi connectivity index (χ1n) is 23.0. The Kier molecular flexibility index (Phi) is 8.08. The van der Waals surface area contributed by atoms with Crippen LogP contribution in [-0.2, 0) is 0 Å². The van der Waals surface area contributed by atoms with Gasteiger partial charge < -0.3 is 0 Å². The molecule has 0 aliphatic rings. The minimum absolute atomic E-state index is 1.20. The van der Waals surface area contributed by atoms with Crippen molar-refractivity contribution in [1.29, 1.82) is 0 Å². The molecule has 0 heteroatoms. The van der Waals surface area contributed by atoms with Gasteiger partial charge in [-0.2, -0.15) is 0 Å². The third-order valence-corrected chi connectivity index (χ3v) is 14.3. The SMILES string of the molecule is c1cc(-c2cccc(-c3ccc4ccc5cccc6ccc3c4c56)c2)cc(-c2cccc(-c3ccc4ccc5c(-c6cccc(-c7ccc8ccccc8c7)c6)ccc6ccc3c4c65)c2)c1. The highest BCUT2D eigenvalue weighted by Gasteiger charge is 2.17. The van der Waals surface area contributed by atoms with E-state index >= 15 is 0 Å². The smallest absolute Gasteiger partial charge is 0.00203 e. The molecule has 14 rings (SSSR count). The molecule has 0 radical (unpaired) electrons. The zero-order valence-corrected chi connectivity index (χ0v) is 36.1. The Bertz CT molecular complexity index is 4210. The molecule has 0 aliphatic carbocycles. The number of rotatable bonds is 6. The fourth-order valence-electron chi connectivity index (χ4n) is 11.1. The molecule has 0 fully saturated rings. The van der Waals surface area contributed by atoms with Crippen molar-refractivity contribution in [3.8, 4) is 66.8 Å². The maximum atomic E-state index is 2.37. The van der Waals surface area contributed by atoms with Crippen LogP contribution in [0.3, 0.4) is 0 Å². The molecule has 0 bridgehead atoms. The van der Waals surface area contributed by atoms with Crippen LogP contribution in [0.1, 0.15) is 0 Å². The van der Waals surface area contributed by atoms with Crippen LogP contribution in [0.25, 0.3) is 142 Å². The highest BCUT2D eigenvalue weighted by Crippen LogP contribution is 2.44. The maximum Gasteiger partial charge on any atom is -0.00203 e. The number of hydrogen-bond donors (Lipinski definition) is 0. The summed E-state index contributed by atoms with van der Waals surface area (Å²) in [5.74, 6) is 0. The van der Waals surface area contributed by atoms with Gasteiger partial charge in [-0.15, -0.1) is 0 Å². The predicted octanol–water partition coefficient (Wildman–Crippen LogP) is 18.6. The second-order valence-electron chi connectivity index (χ2n) is 18.0. The van der Waals surface area contributed by atoms with E-state index in [1.54, 1.807) is 0 Å². The Morgan fingerprint density at radius 2 is 0.439 bits per heavy atom. The van der Waals surface area contributed by atoms with E-state index in [0.29, 0.717) is 0 Å². The summed E-state index contributed by atoms with van der Waals surface area (Å²) < 4.78 is 0. The van der Waals surface area contributed by atoms with E-state index in [1.165, 1.54) is 142 Å². The van der Waals surface area contributed by atoms with Gasteiger partial charge >= 0.3 is 0 Å². The molecule has 14 aromatic rings. The van der Waals surface area contributed by atoms with Crippen molar-refractivity contribution in [3.05, 3.63) is 243 Å². The Labute approximate surface area is 383 Å². The quantitative estimate of drug-likeness (QED) is 0.146. The molecule has 0 amide bonds. The molecule has 304 valence electrons. The summed E-state index contributed by atoms with van der Waals surface area (Å²) in [6.07, 6.45) is 0. The van der Waals surface area contributed by atoms with Crippen LogP contribution in [-0.4, -0.2) is 0 Å². The third-order valence-electron chi connectivity index (χ3n) is 14.3. The largest absolute Gasteiger partial charge is 0.0616 e. The van der Waals surface area contributed by atoms with Gasteiger partial charge in [0.25, 0.3) is 0 Å². The van der Waals surface area contributed by atoms with Gasteiger partial charge in [0.15, 0.2) is 0 Å². The maximum absolute atomic E-state index is 2.37. The van der Waals surface area contributed by atoms with Crippen LogP contribution >= 0.6 is 0 Å². The second-order valence-corrected chi connectivity index (χ2v) is 18.0. The summed E-state index contributed by atoms with van der Waals surface area (Å²) in [7, 11) is 0. The first kappa shape index (κ1) is 36.9. The minimum Gasteiger partial charge on any atom is -0.0616 e. The summed E-state index contributed by atoms with van der Waals surface area (Å²) in [4.78, 5) is 0. The first-order chi connectivity index (χ1) is 32.7. The van der Waals surface area contributed by atoms with Gasteiger partial charge in [0.2, 0.25) is 0 Å². The fourth-order valence-corrected chi connectivity index (χ4v) is 11.1. The lowest BCUT2D eigenvalue weighted by Crippen LogP contribution is -1.90. The topological polar surface area (TPSA) is 0 Å². The van der Waals surface area contributed by atoms with Crippen molar-refractivity contribution in [2.24, 2.45) is 0 Å². The van der Waals surface area contributed by atoms with Gasteiger partial charge in [0.05, 0.1) is 0 Å². The zero-order chi connectivity index (χ0) is 43.3. The van der Waals surface area contributed by atoms with Crippen LogP contribution in [0.2, 0.25) is 0 Å². The summed E-state index contributed by atoms with van der Waals surface area (Å²) in [6.45, 7) is 0. The molecular formula is C66H40. The lowest BCUT2D eigenvalue weighted by Gasteiger charge is -2.17. The Morgan fingerprint density at radius 1 is 0.152 bits per heavy atom. The number of fused-ring (bicyclic) bond motifs is 1. The van der Waals surface area contributed by atoms with E-state index in [9.17, 15) is 0 Å². The summed E-state index contributed by atoms with van der Waals surface area (Å²) in [5.41, 5.74) is 14.7. The molecule has 14 aromatic carbocycles. The van der Waals surface area contributed by atoms with E-state index in [1.807, 2.05) is 0 Å². The van der Waals surface area contributed by atoms with E-state index in [2.05, 4.69) is 243 Å². The van der Waals surface area contributed by atoms with Gasteiger partial charge in [0.1, 0.15) is 0 Å². The zero-order valence-electron chi connectivity index (χ0n) is 36.1. The third kappa shape index (κ3) is 5.79. The van der Waals surface area contributed by atoms with Gasteiger partial charge in [0, 0.05) is 0 Å². The molecule has 0 N–H and O–H groups in total. The Balaban J connectivity index is 0.829. The van der Waals surface area contributed by atoms with Crippen LogP contribution in [0.15, 0.2) is 243 Å². The van der Waals surface area contributed by atoms with Gasteiger partial charge in [-0.3, -0.25) is 0 Å². The Hall–Kier alpha value is -8.58. The molecule has 0 heterocycles. The molecule has 0 nitrogen and oxygen atoms in total. The van der Waals surface area contributed by atoms with Crippen molar-refractivity contribution in [2.45, 2.75) is 0 Å². The molecule has 0 atom stereocenters. The Morgan fingerprint density at radius 3 is 0.894 bits per heavy atom. The molecule has 66 heavy (non-hydrogen) atoms. The van der Waals surface area contributed by atoms with Crippen molar-refractivity contribution in [3.63, 3.8) is 0 Å². The first-order valence-corrected chi connectivity index (χ1v) is 23.0. The van der Waals surface area contributed by atoms with E-state index in [4.69, 9.17) is 0 Å². The molecule has 0 saturated heterocycles. The monoisotopic (exact) mass is 832 g/mol. The van der Waals surface area contributed by atoms with Crippen LogP contribution in [0, 0.1) is 0 Å². The van der Waals surface area contributed by atoms with Gasteiger partial charge in [-0.1, -0.05) is 212 Å². The molecular weight excluding hydrogens is 793 g/mol. The van der Waals surface area contributed by atoms with Gasteiger partial charge in [-0.25, -0.2) is 0 Å². The van der Waals surface area contributed by atoms with Crippen LogP contribution in [0.5, 0.6) is 0 Å². The molecule has 0 spiro atoms. The van der Waals surface area contributed by atoms with Crippen molar-refractivity contribution in [2.75, 3.05) is 0 Å². The lowest BCUT2D eigenvalue weighted by atomic mass is 9.86. The minimum atomic E-state index is 1.20. The lowest BCUT2D eigenvalue weighted by molar-refractivity contribution is 1.58. The van der Waals surface area contributed by atoms with Crippen molar-refractivity contribution >= 4 is 75.4 Å². The van der Waals surface area contributed by atoms with Crippen LogP contribution in [0.4, 0.5) is 0 Å². The van der Waals surface area contributed by atoms with Gasteiger partial charge in [-0.05, 0) is 173 Å². The van der Waals surface area contributed by atoms with Crippen LogP contribution < -0.4 is 0 Å². The highest BCUT2D eigenvalue weighted by atomic mass is 14.2. The normalized spacial score (nSPS) is 11.9. The highest BCUT2D eigenvalue weighted by molar-refractivity contribution is 6.28. The average molecular weight is 833 g/mol. The van der Waals surface area contributed by atoms with Crippen molar-refractivity contribution < 1.29 is 0 Å². The molecule has 0 saturated carbocycles. The van der Waals surface area contributed by atoms with E-state index in [0.717, 1.165) is 0 Å². The van der Waals surface area contributed by atoms with E-state index < -0.39 is 0 Å². The summed E-state index contributed by atoms with van der Waals surface area (Å²) >= 11 is 0. The summed E-state index contributed by atoms with van der Waals surface area (Å²) in [6, 6.07) is 90.4. The number of hydrogen-bond acceptors (Lipinski definition) is 0. The number of benzene rings is 14. The molecule has 0 aromatic heterocycles. The standard InChI is InChI=1S/C66H40/c1-2-9-47-36-53(23-20-41(47)8-1)52-16-7-19-56(40-52)59-32-26-46-28-34-61-58(31-25-45-29-35-62(59)66(46)65(45)61)55-18-6-15-51(39-55)49-13-4-12-48(37-49)50-14-5-17-54(38-50)57-30-24-44-22-21-42-10-3-11-43-27-33-60(57)64(44)63(42)43/h1-40H. The predicted molar refractivity (Wildman–Crippen MR) is 284 cm³/mol. The summed E-state index contributed by atoms with van der Waals surface area (Å²) in [5, 5.41) is 18.2. The average Bonchev–Trinajstić information content (AvgIpc) is 3.39. The van der Waals surface area contributed by atoms with E-state index in [-0.39, 0.29) is 0 Å². The second kappa shape index (κ2) is 14.5. The molecule has 0 aliphatic heterocycles. The fraction of sp³-hybridized carbons (Fsp3) is 0. The molecule has 0 unspecified atom stereocenters. The van der Waals surface area contributed by atoms with Crippen molar-refractivity contribution in [1.82, 2.24) is 0 Å².